The van der Waals surface area contributed by atoms with Crippen molar-refractivity contribution in [2.45, 2.75) is 9.79 Å². The molecule has 1 amide bonds. The van der Waals surface area contributed by atoms with Gasteiger partial charge in [-0.25, -0.2) is 8.42 Å². The molecule has 6 N–H and O–H groups in total. The number of amides is 1. The largest absolute Gasteiger partial charge is 1.00 e. The monoisotopic (exact) mass is 913 g/mol. The van der Waals surface area contributed by atoms with Crippen LogP contribution in [-0.2, 0) is 19.5 Å². The standard InChI is InChI=1S/C20H14O2.C17H13NO2.C10H8O8S2.2Na/c21-17-11-9-13-5-1-3-7-15(13)19(17)20-16-8-4-2-6-14(16)10-12-18(20)22;19-16-11-13-7-5-4-6-12(13)10-15(16)17(20)18-14-8-2-1-3-9-14;11-8-3-6(19-18-17-13)1-5-2-7(20(14,15)16)4-9(12)10(5)8;;/h1-12,21-22H;1-11,19H,(H,18,20);1-4,11-13H,(H,14,15,16);;/q;;;2*+1/p-2. The number of nitrogens with one attached hydrogen (secondary N) is 1. The summed E-state index contributed by atoms with van der Waals surface area (Å²) in [6, 6.07) is 47.1. The van der Waals surface area contributed by atoms with E-state index in [9.17, 15) is 48.6 Å². The zero-order valence-corrected chi connectivity index (χ0v) is 39.6. The van der Waals surface area contributed by atoms with Crippen molar-refractivity contribution in [1.29, 1.82) is 0 Å². The molecule has 0 spiro atoms. The van der Waals surface area contributed by atoms with E-state index in [-0.39, 0.29) is 109 Å². The van der Waals surface area contributed by atoms with Gasteiger partial charge < -0.3 is 40.7 Å². The average molecular weight is 914 g/mol. The van der Waals surface area contributed by atoms with Crippen LogP contribution in [0.1, 0.15) is 10.4 Å². The summed E-state index contributed by atoms with van der Waals surface area (Å²) in [6.45, 7) is 0. The van der Waals surface area contributed by atoms with Gasteiger partial charge in [-0.05, 0) is 98.4 Å². The molecule has 0 heterocycles. The Hall–Kier alpha value is -5.37. The molecule has 0 saturated carbocycles. The van der Waals surface area contributed by atoms with E-state index in [1.807, 2.05) is 103 Å². The fourth-order valence-corrected chi connectivity index (χ4v) is 7.81. The van der Waals surface area contributed by atoms with Crippen molar-refractivity contribution < 1.29 is 117 Å². The zero-order chi connectivity index (χ0) is 44.0. The normalized spacial score (nSPS) is 10.8. The molecular formula is C47H33NNa2O12S2. The number of carbonyl (C=O) groups excluding carboxylic acids is 1. The van der Waals surface area contributed by atoms with Gasteiger partial charge in [0.25, 0.3) is 5.91 Å². The third-order valence-electron chi connectivity index (χ3n) is 9.61. The molecule has 0 aromatic heterocycles. The zero-order valence-electron chi connectivity index (χ0n) is 34.0. The molecule has 0 bridgehead atoms. The van der Waals surface area contributed by atoms with Gasteiger partial charge in [0.1, 0.15) is 38.9 Å². The first-order valence-electron chi connectivity index (χ1n) is 18.4. The molecule has 0 fully saturated rings. The summed E-state index contributed by atoms with van der Waals surface area (Å²) in [7, 11) is -4.76. The maximum atomic E-state index is 12.2. The van der Waals surface area contributed by atoms with Crippen LogP contribution in [0, 0.1) is 0 Å². The molecule has 64 heavy (non-hydrogen) atoms. The first-order chi connectivity index (χ1) is 29.8. The molecule has 0 saturated heterocycles. The van der Waals surface area contributed by atoms with Crippen molar-refractivity contribution in [3.8, 4) is 39.9 Å². The Bertz CT molecular complexity index is 3150. The molecule has 0 atom stereocenters. The van der Waals surface area contributed by atoms with Crippen molar-refractivity contribution in [3.63, 3.8) is 0 Å². The number of rotatable bonds is 7. The quantitative estimate of drug-likeness (QED) is 0.0444. The maximum Gasteiger partial charge on any atom is 1.00 e. The van der Waals surface area contributed by atoms with Gasteiger partial charge >= 0.3 is 59.1 Å². The molecule has 0 unspecified atom stereocenters. The van der Waals surface area contributed by atoms with E-state index in [0.717, 1.165) is 50.5 Å². The molecule has 9 aromatic rings. The molecule has 9 rings (SSSR count). The molecule has 13 nitrogen and oxygen atoms in total. The van der Waals surface area contributed by atoms with Crippen LogP contribution >= 0.6 is 12.0 Å². The molecule has 0 aliphatic rings. The Kier molecular flexibility index (Phi) is 17.1. The number of para-hydroxylation sites is 1. The van der Waals surface area contributed by atoms with Crippen LogP contribution in [0.2, 0.25) is 0 Å². The van der Waals surface area contributed by atoms with E-state index < -0.39 is 20.8 Å². The average Bonchev–Trinajstić information content (AvgIpc) is 3.26. The number of hydrogen-bond acceptors (Lipinski definition) is 13. The van der Waals surface area contributed by atoms with E-state index >= 15 is 0 Å². The van der Waals surface area contributed by atoms with E-state index in [1.165, 1.54) is 6.07 Å². The summed E-state index contributed by atoms with van der Waals surface area (Å²) in [5.74, 6) is -0.939. The summed E-state index contributed by atoms with van der Waals surface area (Å²) in [6.07, 6.45) is 0. The van der Waals surface area contributed by atoms with Crippen LogP contribution in [0.3, 0.4) is 0 Å². The van der Waals surface area contributed by atoms with Gasteiger partial charge in [-0.15, -0.1) is 0 Å². The molecular weight excluding hydrogens is 881 g/mol. The van der Waals surface area contributed by atoms with Crippen molar-refractivity contribution in [1.82, 2.24) is 0 Å². The van der Waals surface area contributed by atoms with Crippen LogP contribution < -0.4 is 69.7 Å². The van der Waals surface area contributed by atoms with Gasteiger partial charge in [0.05, 0.1) is 27.9 Å². The summed E-state index contributed by atoms with van der Waals surface area (Å²) in [4.78, 5) is 11.8. The smallest absolute Gasteiger partial charge is 0.744 e. The molecule has 312 valence electrons. The third-order valence-corrected chi connectivity index (χ3v) is 11.0. The number of anilines is 1. The number of benzene rings is 9. The van der Waals surface area contributed by atoms with E-state index in [2.05, 4.69) is 14.7 Å². The molecule has 9 aromatic carbocycles. The fraction of sp³-hybridized carbons (Fsp3) is 0. The number of aromatic hydroxyl groups is 5. The second-order valence-electron chi connectivity index (χ2n) is 13.6. The molecule has 0 aliphatic heterocycles. The van der Waals surface area contributed by atoms with E-state index in [0.29, 0.717) is 28.9 Å². The Morgan fingerprint density at radius 3 is 1.58 bits per heavy atom. The van der Waals surface area contributed by atoms with Crippen LogP contribution in [0.5, 0.6) is 28.7 Å². The number of carbonyl (C=O) groups is 1. The van der Waals surface area contributed by atoms with E-state index in [1.54, 1.807) is 36.4 Å². The van der Waals surface area contributed by atoms with Crippen molar-refractivity contribution in [2.24, 2.45) is 0 Å². The van der Waals surface area contributed by atoms with Crippen molar-refractivity contribution in [2.75, 3.05) is 5.32 Å². The first kappa shape index (κ1) is 49.6. The third kappa shape index (κ3) is 11.5. The Labute approximate surface area is 414 Å². The minimum absolute atomic E-state index is 0. The SMILES string of the molecule is O=C(Nc1ccccc1)c1cc2ccccc2cc1O.O=S(=O)([O-])c1cc(O)c2c(O)cc(SOO[O-])cc2c1.Oc1ccc2ccccc2c1-c1c(O)ccc2ccccc12.[Na+].[Na+]. The Morgan fingerprint density at radius 2 is 1.03 bits per heavy atom. The second-order valence-corrected chi connectivity index (χ2v) is 15.7. The topological polar surface area (TPSA) is 229 Å². The van der Waals surface area contributed by atoms with E-state index in [4.69, 9.17) is 0 Å². The summed E-state index contributed by atoms with van der Waals surface area (Å²) < 4.78 is 36.9. The minimum atomic E-state index is -4.76. The van der Waals surface area contributed by atoms with Crippen LogP contribution in [0.4, 0.5) is 5.69 Å². The fourth-order valence-electron chi connectivity index (χ4n) is 6.84. The summed E-state index contributed by atoms with van der Waals surface area (Å²) in [5, 5.41) is 71.7. The summed E-state index contributed by atoms with van der Waals surface area (Å²) in [5.41, 5.74) is 2.32. The van der Waals surface area contributed by atoms with Gasteiger partial charge in [0, 0.05) is 21.7 Å². The van der Waals surface area contributed by atoms with Gasteiger partial charge in [-0.2, -0.15) is 4.33 Å². The van der Waals surface area contributed by atoms with Gasteiger partial charge in [0.2, 0.25) is 0 Å². The van der Waals surface area contributed by atoms with Crippen LogP contribution in [-0.4, -0.2) is 44.4 Å². The van der Waals surface area contributed by atoms with Gasteiger partial charge in [0.15, 0.2) is 0 Å². The van der Waals surface area contributed by atoms with Crippen LogP contribution in [0.15, 0.2) is 174 Å². The Morgan fingerprint density at radius 1 is 0.531 bits per heavy atom. The molecule has 0 radical (unpaired) electrons. The van der Waals surface area contributed by atoms with Crippen molar-refractivity contribution in [3.05, 3.63) is 169 Å². The summed E-state index contributed by atoms with van der Waals surface area (Å²) >= 11 is 0.465. The predicted molar refractivity (Wildman–Crippen MR) is 233 cm³/mol. The minimum Gasteiger partial charge on any atom is -0.744 e. The Balaban J connectivity index is 0.000000178. The molecule has 0 aliphatic carbocycles. The maximum absolute atomic E-state index is 12.2. The predicted octanol–water partition coefficient (Wildman–Crippen LogP) is 3.26. The number of phenolic OH excluding ortho intramolecular Hbond substituents is 5. The number of fused-ring (bicyclic) bond motifs is 4. The van der Waals surface area contributed by atoms with Gasteiger partial charge in [-0.1, -0.05) is 103 Å². The number of hydrogen-bond donors (Lipinski definition) is 6. The first-order valence-corrected chi connectivity index (χ1v) is 20.6. The molecule has 17 heteroatoms. The van der Waals surface area contributed by atoms with Crippen LogP contribution in [0.25, 0.3) is 54.2 Å². The van der Waals surface area contributed by atoms with Gasteiger partial charge in [-0.3, -0.25) is 9.83 Å². The second kappa shape index (κ2) is 22.0. The van der Waals surface area contributed by atoms with Crippen molar-refractivity contribution >= 4 is 76.8 Å². The number of phenols is 5.